The summed E-state index contributed by atoms with van der Waals surface area (Å²) in [4.78, 5) is 54.5. The zero-order valence-electron chi connectivity index (χ0n) is 31.7. The topological polar surface area (TPSA) is 218 Å². The van der Waals surface area contributed by atoms with Gasteiger partial charge < -0.3 is 49.8 Å². The zero-order chi connectivity index (χ0) is 38.6. The largest absolute Gasteiger partial charge is 0.456 e. The summed E-state index contributed by atoms with van der Waals surface area (Å²) in [7, 11) is 0. The van der Waals surface area contributed by atoms with Gasteiger partial charge in [0.05, 0.1) is 35.8 Å². The minimum Gasteiger partial charge on any atom is -0.456 e. The third-order valence-corrected chi connectivity index (χ3v) is 12.0. The van der Waals surface area contributed by atoms with Crippen molar-refractivity contribution in [3.05, 3.63) is 47.0 Å². The zero-order valence-corrected chi connectivity index (χ0v) is 41.0. The maximum absolute atomic E-state index is 14.6. The van der Waals surface area contributed by atoms with Crippen LogP contribution in [0.15, 0.2) is 41.5 Å². The molecule has 1 unspecified atom stereocenters. The molecule has 4 aliphatic rings. The van der Waals surface area contributed by atoms with E-state index < -0.39 is 107 Å². The van der Waals surface area contributed by atoms with E-state index in [1.54, 1.807) is 45.9 Å². The first kappa shape index (κ1) is 45.5. The Kier molecular flexibility index (Phi) is 15.3. The molecule has 1 amide bonds. The van der Waals surface area contributed by atoms with Crippen LogP contribution in [0.4, 0.5) is 4.79 Å². The molecule has 11 atom stereocenters. The van der Waals surface area contributed by atoms with Crippen LogP contribution in [0.5, 0.6) is 0 Å². The summed E-state index contributed by atoms with van der Waals surface area (Å²) in [5, 5.41) is 62.4. The average molecular weight is 1190 g/mol. The van der Waals surface area contributed by atoms with Crippen LogP contribution in [0, 0.1) is 111 Å². The average Bonchev–Trinajstić information content (AvgIpc) is 3.09. The quantitative estimate of drug-likeness (QED) is 0.0680. The van der Waals surface area contributed by atoms with Crippen molar-refractivity contribution in [2.75, 3.05) is 18.8 Å². The first-order valence-corrected chi connectivity index (χ1v) is 18.1. The number of esters is 2. The van der Waals surface area contributed by atoms with Gasteiger partial charge in [0.2, 0.25) is 0 Å². The Hall–Kier alpha value is -0.167. The summed E-state index contributed by atoms with van der Waals surface area (Å²) in [6.45, 7) is 8.94. The SMILES string of the molecule is [3H]CSCOC(=O)N[C@@H](C(C)C)[C@@H](O)C(=O)OC1C[C@@]2(O)[C@@H](OC(=O)c3ccccc3)[C@@H]3[C@]4(O)CO[C@@H]4C[C@H](O)[C@@]3(C)C(=O)[C@H](O)C(=C1C)C2(C)C.[Ac].[Ac]. The molecule has 0 spiro atoms. The van der Waals surface area contributed by atoms with E-state index in [4.69, 9.17) is 20.3 Å². The van der Waals surface area contributed by atoms with Gasteiger partial charge in [-0.1, -0.05) is 45.9 Å². The summed E-state index contributed by atoms with van der Waals surface area (Å²) < 4.78 is 29.8. The molecule has 53 heavy (non-hydrogen) atoms. The van der Waals surface area contributed by atoms with Crippen molar-refractivity contribution in [2.45, 2.75) is 108 Å². The van der Waals surface area contributed by atoms with Crippen LogP contribution < -0.4 is 5.32 Å². The predicted octanol–water partition coefficient (Wildman–Crippen LogP) is 1.49. The Bertz CT molecular complexity index is 1600. The van der Waals surface area contributed by atoms with Crippen molar-refractivity contribution in [3.63, 3.8) is 0 Å². The van der Waals surface area contributed by atoms with Crippen molar-refractivity contribution in [1.82, 2.24) is 5.32 Å². The molecule has 3 fully saturated rings. The number of ether oxygens (including phenoxy) is 4. The van der Waals surface area contributed by atoms with Crippen LogP contribution in [-0.2, 0) is 28.5 Å². The van der Waals surface area contributed by atoms with Crippen LogP contribution in [0.3, 0.4) is 0 Å². The molecule has 1 heterocycles. The molecule has 1 aromatic rings. The fourth-order valence-electron chi connectivity index (χ4n) is 8.62. The Balaban J connectivity index is 0.00000392. The number of hydrogen-bond donors (Lipinski definition) is 6. The molecule has 2 bridgehead atoms. The van der Waals surface area contributed by atoms with Crippen molar-refractivity contribution >= 4 is 35.6 Å². The Morgan fingerprint density at radius 2 is 1.74 bits per heavy atom. The maximum atomic E-state index is 14.6. The predicted molar refractivity (Wildman–Crippen MR) is 182 cm³/mol. The monoisotopic (exact) mass is 1190 g/mol. The molecular formula is C36H49Ac2NO13S. The van der Waals surface area contributed by atoms with Crippen LogP contribution in [0.2, 0.25) is 0 Å². The van der Waals surface area contributed by atoms with Crippen LogP contribution in [-0.4, -0.2) is 122 Å². The standard InChI is InChI=1S/C36H49NO13S.2Ac/c1-17(2)24(37-32(44)48-16-51-7)26(40)31(43)49-20-14-36(46)29(50-30(42)19-11-9-8-10-12-19)27-34(6,21(38)13-22-35(27,45)15-47-22)28(41)25(39)23(18(20)3)33(36,4)5;;/h8-12,17,20-22,24-27,29,38-40,45-46H,13-16H2,1-7H3,(H,37,44);;/t20?,21-,22+,24-,25+,26+,27-,29-,34+,35-,36+;;/m0../s1/i7T;;. The minimum absolute atomic E-state index is 0. The second kappa shape index (κ2) is 17.8. The number of benzene rings is 1. The molecule has 6 N–H and O–H groups in total. The van der Waals surface area contributed by atoms with Gasteiger partial charge in [0.15, 0.2) is 11.9 Å². The molecule has 0 aromatic heterocycles. The van der Waals surface area contributed by atoms with E-state index in [1.807, 2.05) is 0 Å². The molecule has 2 radical (unpaired) electrons. The number of carbonyl (C=O) groups excluding carboxylic acids is 4. The number of Topliss-reactive ketones (excluding diaryl/α,β-unsaturated/α-hetero) is 1. The number of aliphatic hydroxyl groups excluding tert-OH is 3. The van der Waals surface area contributed by atoms with Gasteiger partial charge >= 0.3 is 18.0 Å². The summed E-state index contributed by atoms with van der Waals surface area (Å²) in [5.41, 5.74) is -7.50. The van der Waals surface area contributed by atoms with Crippen LogP contribution in [0.1, 0.15) is 66.1 Å². The van der Waals surface area contributed by atoms with E-state index in [9.17, 15) is 44.7 Å². The van der Waals surface area contributed by atoms with E-state index >= 15 is 0 Å². The minimum atomic E-state index is -2.29. The third kappa shape index (κ3) is 8.13. The van der Waals surface area contributed by atoms with Gasteiger partial charge in [0.1, 0.15) is 35.5 Å². The van der Waals surface area contributed by atoms with Gasteiger partial charge in [0.25, 0.3) is 0 Å². The molecule has 17 heteroatoms. The molecule has 2 saturated carbocycles. The smallest absolute Gasteiger partial charge is 0.408 e. The van der Waals surface area contributed by atoms with Crippen LogP contribution >= 0.6 is 11.8 Å². The number of carbonyl (C=O) groups is 4. The van der Waals surface area contributed by atoms with E-state index in [2.05, 4.69) is 5.32 Å². The number of hydrogen-bond acceptors (Lipinski definition) is 14. The van der Waals surface area contributed by atoms with E-state index in [1.165, 1.54) is 26.0 Å². The molecule has 5 rings (SSSR count). The summed E-state index contributed by atoms with van der Waals surface area (Å²) in [5.74, 6) is -5.15. The van der Waals surface area contributed by atoms with Crippen molar-refractivity contribution in [2.24, 2.45) is 22.7 Å². The Morgan fingerprint density at radius 1 is 1.09 bits per heavy atom. The number of ketones is 1. The third-order valence-electron chi connectivity index (χ3n) is 11.7. The molecule has 1 aromatic carbocycles. The normalized spacial score (nSPS) is 35.5. The Labute approximate surface area is 386 Å². The van der Waals surface area contributed by atoms with Gasteiger partial charge in [-0.15, -0.1) is 11.8 Å². The maximum Gasteiger partial charge on any atom is 0.408 e. The van der Waals surface area contributed by atoms with Gasteiger partial charge in [-0.05, 0) is 49.3 Å². The number of aliphatic hydroxyl groups is 5. The van der Waals surface area contributed by atoms with Gasteiger partial charge in [-0.2, -0.15) is 0 Å². The number of rotatable bonds is 9. The summed E-state index contributed by atoms with van der Waals surface area (Å²) in [6, 6.07) is 6.67. The van der Waals surface area contributed by atoms with E-state index in [0.29, 0.717) is 0 Å². The number of nitrogens with one attached hydrogen (secondary N) is 1. The van der Waals surface area contributed by atoms with Crippen molar-refractivity contribution in [1.29, 1.82) is 0 Å². The fraction of sp³-hybridized carbons (Fsp3) is 0.667. The molecule has 3 aliphatic carbocycles. The Morgan fingerprint density at radius 3 is 2.30 bits per heavy atom. The molecule has 1 aliphatic heterocycles. The fourth-order valence-corrected chi connectivity index (χ4v) is 8.81. The number of thioether (sulfide) groups is 1. The molecule has 14 nitrogen and oxygen atoms in total. The number of amides is 1. The first-order chi connectivity index (χ1) is 24.3. The van der Waals surface area contributed by atoms with Crippen molar-refractivity contribution in [3.8, 4) is 0 Å². The number of fused-ring (bicyclic) bond motifs is 5. The second-order valence-corrected chi connectivity index (χ2v) is 15.8. The van der Waals surface area contributed by atoms with Gasteiger partial charge in [-0.3, -0.25) is 4.79 Å². The summed E-state index contributed by atoms with van der Waals surface area (Å²) >= 11 is 1.02. The van der Waals surface area contributed by atoms with Crippen LogP contribution in [0.25, 0.3) is 0 Å². The summed E-state index contributed by atoms with van der Waals surface area (Å²) in [6.07, 6.45) is -11.2. The second-order valence-electron chi connectivity index (χ2n) is 15.1. The number of alkyl carbamates (subject to hydrolysis) is 1. The molecular weight excluding hydrogens is 1140 g/mol. The van der Waals surface area contributed by atoms with E-state index in [-0.39, 0.29) is 130 Å². The molecule has 1 saturated heterocycles. The van der Waals surface area contributed by atoms with E-state index in [0.717, 1.165) is 11.8 Å². The van der Waals surface area contributed by atoms with Gasteiger partial charge in [0, 0.05) is 114 Å². The van der Waals surface area contributed by atoms with Crippen molar-refractivity contribution < 1.29 is 153 Å². The first-order valence-electron chi connectivity index (χ1n) is 17.6. The molecule has 288 valence electrons. The van der Waals surface area contributed by atoms with Gasteiger partial charge in [-0.25, -0.2) is 14.4 Å².